The number of benzene rings is 1. The first-order valence-electron chi connectivity index (χ1n) is 6.90. The summed E-state index contributed by atoms with van der Waals surface area (Å²) in [4.78, 5) is 0. The first-order valence-corrected chi connectivity index (χ1v) is 6.90. The molecule has 0 radical (unpaired) electrons. The molecule has 98 valence electrons. The summed E-state index contributed by atoms with van der Waals surface area (Å²) >= 11 is 0. The molecule has 1 aromatic rings. The van der Waals surface area contributed by atoms with Crippen molar-refractivity contribution < 1.29 is 9.84 Å². The second-order valence-electron chi connectivity index (χ2n) is 6.68. The predicted molar refractivity (Wildman–Crippen MR) is 71.8 cm³/mol. The van der Waals surface area contributed by atoms with Gasteiger partial charge in [0.05, 0.1) is 0 Å². The quantitative estimate of drug-likeness (QED) is 0.855. The van der Waals surface area contributed by atoms with Gasteiger partial charge < -0.3 is 9.84 Å². The lowest BCUT2D eigenvalue weighted by Crippen LogP contribution is -2.38. The summed E-state index contributed by atoms with van der Waals surface area (Å²) in [5.74, 6) is 1.65. The topological polar surface area (TPSA) is 29.5 Å². The first-order chi connectivity index (χ1) is 8.45. The molecule has 2 bridgehead atoms. The van der Waals surface area contributed by atoms with Gasteiger partial charge in [0.2, 0.25) is 0 Å². The summed E-state index contributed by atoms with van der Waals surface area (Å²) in [6.07, 6.45) is 3.92. The molecule has 1 N–H and O–H groups in total. The second kappa shape index (κ2) is 3.66. The van der Waals surface area contributed by atoms with Crippen molar-refractivity contribution in [3.05, 3.63) is 24.3 Å². The number of phenolic OH excluding ortho intramolecular Hbond substituents is 1. The van der Waals surface area contributed by atoms with Crippen molar-refractivity contribution in [1.82, 2.24) is 0 Å². The van der Waals surface area contributed by atoms with Gasteiger partial charge in [0.25, 0.3) is 0 Å². The van der Waals surface area contributed by atoms with Gasteiger partial charge in [0.1, 0.15) is 6.10 Å². The lowest BCUT2D eigenvalue weighted by molar-refractivity contribution is 0.0286. The fourth-order valence-electron chi connectivity index (χ4n) is 4.02. The fourth-order valence-corrected chi connectivity index (χ4v) is 4.02. The van der Waals surface area contributed by atoms with Crippen LogP contribution in [-0.2, 0) is 0 Å². The SMILES string of the molecule is CC1(C)[C@H]2CC[C@]1(C)C(Oc1ccccc1O)C2. The highest BCUT2D eigenvalue weighted by atomic mass is 16.5. The molecule has 0 saturated heterocycles. The second-order valence-corrected chi connectivity index (χ2v) is 6.68. The molecule has 1 unspecified atom stereocenters. The highest BCUT2D eigenvalue weighted by Gasteiger charge is 2.62. The van der Waals surface area contributed by atoms with E-state index in [1.165, 1.54) is 12.8 Å². The number of hydrogen-bond donors (Lipinski definition) is 1. The molecule has 2 aliphatic carbocycles. The molecule has 2 saturated carbocycles. The Labute approximate surface area is 109 Å². The van der Waals surface area contributed by atoms with Crippen molar-refractivity contribution in [3.8, 4) is 11.5 Å². The van der Waals surface area contributed by atoms with Crippen molar-refractivity contribution in [3.63, 3.8) is 0 Å². The Morgan fingerprint density at radius 2 is 1.94 bits per heavy atom. The van der Waals surface area contributed by atoms with Crippen molar-refractivity contribution in [2.45, 2.75) is 46.1 Å². The minimum absolute atomic E-state index is 0.236. The van der Waals surface area contributed by atoms with Crippen molar-refractivity contribution in [2.24, 2.45) is 16.7 Å². The summed E-state index contributed by atoms with van der Waals surface area (Å²) < 4.78 is 6.13. The number of fused-ring (bicyclic) bond motifs is 2. The van der Waals surface area contributed by atoms with E-state index in [4.69, 9.17) is 4.74 Å². The van der Waals surface area contributed by atoms with Crippen LogP contribution in [0.3, 0.4) is 0 Å². The van der Waals surface area contributed by atoms with Crippen LogP contribution in [0.1, 0.15) is 40.0 Å². The van der Waals surface area contributed by atoms with Crippen LogP contribution in [0.5, 0.6) is 11.5 Å². The van der Waals surface area contributed by atoms with E-state index in [0.717, 1.165) is 12.3 Å². The van der Waals surface area contributed by atoms with E-state index in [2.05, 4.69) is 20.8 Å². The molecule has 1 aromatic carbocycles. The number of para-hydroxylation sites is 2. The molecular formula is C16H22O2. The molecule has 3 rings (SSSR count). The number of rotatable bonds is 2. The average molecular weight is 246 g/mol. The highest BCUT2D eigenvalue weighted by Crippen LogP contribution is 2.66. The zero-order valence-electron chi connectivity index (χ0n) is 11.4. The number of aromatic hydroxyl groups is 1. The van der Waals surface area contributed by atoms with Gasteiger partial charge in [-0.15, -0.1) is 0 Å². The molecule has 2 aliphatic rings. The summed E-state index contributed by atoms with van der Waals surface area (Å²) in [7, 11) is 0. The molecule has 0 aliphatic heterocycles. The number of ether oxygens (including phenoxy) is 1. The largest absolute Gasteiger partial charge is 0.504 e. The van der Waals surface area contributed by atoms with Gasteiger partial charge in [-0.25, -0.2) is 0 Å². The van der Waals surface area contributed by atoms with E-state index in [1.54, 1.807) is 6.07 Å². The maximum absolute atomic E-state index is 9.83. The standard InChI is InChI=1S/C16H22O2/c1-15(2)11-8-9-16(15,3)14(10-11)18-13-7-5-4-6-12(13)17/h4-7,11,14,17H,8-10H2,1-3H3/t11-,14?,16+/m0/s1. The molecule has 0 amide bonds. The van der Waals surface area contributed by atoms with Gasteiger partial charge in [0.15, 0.2) is 11.5 Å². The molecule has 0 aromatic heterocycles. The first kappa shape index (κ1) is 11.9. The molecular weight excluding hydrogens is 224 g/mol. The van der Waals surface area contributed by atoms with Gasteiger partial charge in [-0.05, 0) is 42.7 Å². The number of phenols is 1. The third-order valence-corrected chi connectivity index (χ3v) is 5.85. The predicted octanol–water partition coefficient (Wildman–Crippen LogP) is 3.99. The Bertz CT molecular complexity index is 466. The Morgan fingerprint density at radius 1 is 1.22 bits per heavy atom. The van der Waals surface area contributed by atoms with Crippen LogP contribution < -0.4 is 4.74 Å². The third-order valence-electron chi connectivity index (χ3n) is 5.85. The summed E-state index contributed by atoms with van der Waals surface area (Å²) in [5.41, 5.74) is 0.585. The van der Waals surface area contributed by atoms with Gasteiger partial charge in [-0.3, -0.25) is 0 Å². The maximum atomic E-state index is 9.83. The third kappa shape index (κ3) is 1.41. The van der Waals surface area contributed by atoms with E-state index in [9.17, 15) is 5.11 Å². The van der Waals surface area contributed by atoms with E-state index < -0.39 is 0 Å². The van der Waals surface area contributed by atoms with E-state index >= 15 is 0 Å². The van der Waals surface area contributed by atoms with Crippen molar-refractivity contribution in [1.29, 1.82) is 0 Å². The van der Waals surface area contributed by atoms with Crippen LogP contribution in [0.25, 0.3) is 0 Å². The smallest absolute Gasteiger partial charge is 0.161 e. The van der Waals surface area contributed by atoms with Gasteiger partial charge in [-0.2, -0.15) is 0 Å². The summed E-state index contributed by atoms with van der Waals surface area (Å²) in [5, 5.41) is 9.83. The van der Waals surface area contributed by atoms with E-state index in [0.29, 0.717) is 11.2 Å². The molecule has 3 atom stereocenters. The molecule has 2 fully saturated rings. The molecule has 18 heavy (non-hydrogen) atoms. The van der Waals surface area contributed by atoms with Gasteiger partial charge in [0, 0.05) is 5.41 Å². The average Bonchev–Trinajstić information content (AvgIpc) is 2.65. The van der Waals surface area contributed by atoms with Crippen LogP contribution in [0, 0.1) is 16.7 Å². The minimum Gasteiger partial charge on any atom is -0.504 e. The summed E-state index contributed by atoms with van der Waals surface area (Å²) in [6, 6.07) is 7.29. The maximum Gasteiger partial charge on any atom is 0.161 e. The Kier molecular flexibility index (Phi) is 2.42. The molecule has 0 heterocycles. The monoisotopic (exact) mass is 246 g/mol. The molecule has 2 heteroatoms. The number of hydrogen-bond acceptors (Lipinski definition) is 2. The molecule has 0 spiro atoms. The lowest BCUT2D eigenvalue weighted by Gasteiger charge is -2.38. The van der Waals surface area contributed by atoms with E-state index in [1.807, 2.05) is 18.2 Å². The van der Waals surface area contributed by atoms with Crippen LogP contribution >= 0.6 is 0 Å². The van der Waals surface area contributed by atoms with Crippen molar-refractivity contribution >= 4 is 0 Å². The lowest BCUT2D eigenvalue weighted by atomic mass is 9.70. The fraction of sp³-hybridized carbons (Fsp3) is 0.625. The van der Waals surface area contributed by atoms with Crippen LogP contribution in [0.15, 0.2) is 24.3 Å². The Morgan fingerprint density at radius 3 is 2.50 bits per heavy atom. The van der Waals surface area contributed by atoms with Gasteiger partial charge >= 0.3 is 0 Å². The zero-order chi connectivity index (χ0) is 13.0. The zero-order valence-corrected chi connectivity index (χ0v) is 11.4. The normalized spacial score (nSPS) is 36.8. The minimum atomic E-state index is 0.236. The highest BCUT2D eigenvalue weighted by molar-refractivity contribution is 5.38. The van der Waals surface area contributed by atoms with Crippen LogP contribution in [0.2, 0.25) is 0 Å². The van der Waals surface area contributed by atoms with Crippen molar-refractivity contribution in [2.75, 3.05) is 0 Å². The Balaban J connectivity index is 1.86. The van der Waals surface area contributed by atoms with E-state index in [-0.39, 0.29) is 17.3 Å². The Hall–Kier alpha value is -1.18. The summed E-state index contributed by atoms with van der Waals surface area (Å²) in [6.45, 7) is 7.10. The molecule has 2 nitrogen and oxygen atoms in total. The van der Waals surface area contributed by atoms with Crippen LogP contribution in [-0.4, -0.2) is 11.2 Å². The van der Waals surface area contributed by atoms with Gasteiger partial charge in [-0.1, -0.05) is 32.9 Å². The van der Waals surface area contributed by atoms with Crippen LogP contribution in [0.4, 0.5) is 0 Å².